The third kappa shape index (κ3) is 5.06. The molecule has 1 aromatic heterocycles. The number of benzene rings is 1. The minimum atomic E-state index is -0.162. The number of hydrogen-bond donors (Lipinski definition) is 3. The Labute approximate surface area is 151 Å². The number of hydrogen-bond acceptors (Lipinski definition) is 4. The van der Waals surface area contributed by atoms with Crippen LogP contribution in [0.25, 0.3) is 11.3 Å². The molecule has 0 saturated heterocycles. The van der Waals surface area contributed by atoms with Crippen molar-refractivity contribution in [3.63, 3.8) is 0 Å². The highest BCUT2D eigenvalue weighted by atomic mass is 35.5. The Kier molecular flexibility index (Phi) is 6.36. The summed E-state index contributed by atoms with van der Waals surface area (Å²) in [5.41, 5.74) is 1.34. The van der Waals surface area contributed by atoms with Crippen LogP contribution in [0.2, 0.25) is 5.02 Å². The van der Waals surface area contributed by atoms with Gasteiger partial charge in [-0.1, -0.05) is 25.4 Å². The molecule has 0 aliphatic heterocycles. The number of halogens is 1. The minimum absolute atomic E-state index is 0.145. The van der Waals surface area contributed by atoms with Gasteiger partial charge < -0.3 is 20.2 Å². The van der Waals surface area contributed by atoms with Crippen LogP contribution in [0.3, 0.4) is 0 Å². The lowest BCUT2D eigenvalue weighted by atomic mass is 10.1. The monoisotopic (exact) mass is 366 g/mol. The Morgan fingerprint density at radius 2 is 2.08 bits per heavy atom. The van der Waals surface area contributed by atoms with Crippen LogP contribution in [0.5, 0.6) is 0 Å². The Balaban J connectivity index is 2.11. The largest absolute Gasteiger partial charge is 0.459 e. The van der Waals surface area contributed by atoms with Gasteiger partial charge in [-0.2, -0.15) is 0 Å². The number of thiocarbonyl (C=S) groups is 1. The van der Waals surface area contributed by atoms with Crippen molar-refractivity contribution in [1.29, 1.82) is 0 Å². The SMILES string of the molecule is CC(C)CC(=O)NC(=S)Nc1cc(-c2ccc(CO)o2)ccc1Cl. The number of amides is 1. The van der Waals surface area contributed by atoms with Crippen molar-refractivity contribution in [2.45, 2.75) is 26.9 Å². The first kappa shape index (κ1) is 18.4. The zero-order valence-electron chi connectivity index (χ0n) is 13.4. The quantitative estimate of drug-likeness (QED) is 0.698. The highest BCUT2D eigenvalue weighted by molar-refractivity contribution is 7.80. The van der Waals surface area contributed by atoms with E-state index in [0.717, 1.165) is 5.56 Å². The number of carbonyl (C=O) groups is 1. The van der Waals surface area contributed by atoms with Gasteiger partial charge in [-0.3, -0.25) is 4.79 Å². The normalized spacial score (nSPS) is 10.7. The second-order valence-corrected chi connectivity index (χ2v) is 6.53. The van der Waals surface area contributed by atoms with E-state index in [4.69, 9.17) is 33.3 Å². The van der Waals surface area contributed by atoms with Crippen molar-refractivity contribution in [1.82, 2.24) is 5.32 Å². The first-order chi connectivity index (χ1) is 11.4. The van der Waals surface area contributed by atoms with Gasteiger partial charge in [-0.15, -0.1) is 0 Å². The lowest BCUT2D eigenvalue weighted by Gasteiger charge is -2.12. The maximum Gasteiger partial charge on any atom is 0.226 e. The molecule has 0 unspecified atom stereocenters. The summed E-state index contributed by atoms with van der Waals surface area (Å²) in [7, 11) is 0. The van der Waals surface area contributed by atoms with Crippen LogP contribution < -0.4 is 10.6 Å². The van der Waals surface area contributed by atoms with Crippen LogP contribution in [-0.4, -0.2) is 16.1 Å². The molecule has 0 aliphatic rings. The number of anilines is 1. The second-order valence-electron chi connectivity index (χ2n) is 5.72. The van der Waals surface area contributed by atoms with E-state index in [2.05, 4.69) is 10.6 Å². The van der Waals surface area contributed by atoms with E-state index in [1.165, 1.54) is 0 Å². The van der Waals surface area contributed by atoms with Crippen LogP contribution in [0, 0.1) is 5.92 Å². The lowest BCUT2D eigenvalue weighted by molar-refractivity contribution is -0.120. The van der Waals surface area contributed by atoms with Gasteiger partial charge in [-0.05, 0) is 48.5 Å². The average Bonchev–Trinajstić information content (AvgIpc) is 2.97. The molecule has 128 valence electrons. The molecule has 0 bridgehead atoms. The molecule has 2 rings (SSSR count). The molecule has 1 amide bonds. The molecule has 1 heterocycles. The highest BCUT2D eigenvalue weighted by Crippen LogP contribution is 2.30. The van der Waals surface area contributed by atoms with E-state index < -0.39 is 0 Å². The summed E-state index contributed by atoms with van der Waals surface area (Å²) in [4.78, 5) is 11.8. The molecule has 0 saturated carbocycles. The summed E-state index contributed by atoms with van der Waals surface area (Å²) < 4.78 is 5.50. The predicted molar refractivity (Wildman–Crippen MR) is 98.9 cm³/mol. The van der Waals surface area contributed by atoms with Gasteiger partial charge in [0.1, 0.15) is 18.1 Å². The van der Waals surface area contributed by atoms with E-state index in [9.17, 15) is 4.79 Å². The lowest BCUT2D eigenvalue weighted by Crippen LogP contribution is -2.34. The molecule has 0 atom stereocenters. The number of nitrogens with one attached hydrogen (secondary N) is 2. The van der Waals surface area contributed by atoms with Gasteiger partial charge in [0.15, 0.2) is 5.11 Å². The number of aliphatic hydroxyl groups is 1. The number of rotatable bonds is 5. The van der Waals surface area contributed by atoms with Crippen molar-refractivity contribution in [3.8, 4) is 11.3 Å². The highest BCUT2D eigenvalue weighted by Gasteiger charge is 2.11. The molecular weight excluding hydrogens is 348 g/mol. The molecule has 0 aliphatic carbocycles. The molecule has 0 radical (unpaired) electrons. The van der Waals surface area contributed by atoms with Gasteiger partial charge >= 0.3 is 0 Å². The predicted octanol–water partition coefficient (Wildman–Crippen LogP) is 3.95. The molecule has 24 heavy (non-hydrogen) atoms. The molecule has 0 fully saturated rings. The van der Waals surface area contributed by atoms with Gasteiger partial charge in [0, 0.05) is 12.0 Å². The summed E-state index contributed by atoms with van der Waals surface area (Å²) >= 11 is 11.3. The molecule has 0 spiro atoms. The first-order valence-corrected chi connectivity index (χ1v) is 8.28. The van der Waals surface area contributed by atoms with E-state index in [-0.39, 0.29) is 23.5 Å². The Hall–Kier alpha value is -1.89. The summed E-state index contributed by atoms with van der Waals surface area (Å²) in [5, 5.41) is 15.3. The maximum atomic E-state index is 11.8. The fourth-order valence-corrected chi connectivity index (χ4v) is 2.48. The fraction of sp³-hybridized carbons (Fsp3) is 0.294. The van der Waals surface area contributed by atoms with E-state index in [1.54, 1.807) is 30.3 Å². The van der Waals surface area contributed by atoms with Crippen molar-refractivity contribution >= 4 is 40.5 Å². The molecule has 1 aromatic carbocycles. The average molecular weight is 367 g/mol. The fourth-order valence-electron chi connectivity index (χ4n) is 2.09. The summed E-state index contributed by atoms with van der Waals surface area (Å²) in [5.74, 6) is 1.19. The van der Waals surface area contributed by atoms with Crippen LogP contribution in [0.1, 0.15) is 26.0 Å². The third-order valence-electron chi connectivity index (χ3n) is 3.16. The van der Waals surface area contributed by atoms with E-state index in [1.807, 2.05) is 13.8 Å². The van der Waals surface area contributed by atoms with Crippen LogP contribution in [0.4, 0.5) is 5.69 Å². The standard InChI is InChI=1S/C17H19ClN2O3S/c1-10(2)7-16(22)20-17(24)19-14-8-11(3-5-13(14)18)15-6-4-12(9-21)23-15/h3-6,8,10,21H,7,9H2,1-2H3,(H2,19,20,22,24). The Morgan fingerprint density at radius 1 is 1.33 bits per heavy atom. The molecule has 2 aromatic rings. The number of carbonyl (C=O) groups excluding carboxylic acids is 1. The first-order valence-electron chi connectivity index (χ1n) is 7.49. The van der Waals surface area contributed by atoms with E-state index >= 15 is 0 Å². The molecule has 3 N–H and O–H groups in total. The van der Waals surface area contributed by atoms with Crippen molar-refractivity contribution in [3.05, 3.63) is 41.1 Å². The zero-order valence-corrected chi connectivity index (χ0v) is 15.0. The summed E-state index contributed by atoms with van der Waals surface area (Å²) in [6.07, 6.45) is 0.395. The summed E-state index contributed by atoms with van der Waals surface area (Å²) in [6, 6.07) is 8.74. The smallest absolute Gasteiger partial charge is 0.226 e. The maximum absolute atomic E-state index is 11.8. The Morgan fingerprint density at radius 3 is 2.71 bits per heavy atom. The van der Waals surface area contributed by atoms with Gasteiger partial charge in [0.2, 0.25) is 5.91 Å². The van der Waals surface area contributed by atoms with Crippen LogP contribution in [-0.2, 0) is 11.4 Å². The topological polar surface area (TPSA) is 74.5 Å². The second kappa shape index (κ2) is 8.28. The minimum Gasteiger partial charge on any atom is -0.459 e. The van der Waals surface area contributed by atoms with Gasteiger partial charge in [-0.25, -0.2) is 0 Å². The number of furan rings is 1. The number of aliphatic hydroxyl groups excluding tert-OH is 1. The van der Waals surface area contributed by atoms with E-state index in [0.29, 0.717) is 28.7 Å². The van der Waals surface area contributed by atoms with Crippen molar-refractivity contribution < 1.29 is 14.3 Å². The Bertz CT molecular complexity index is 743. The van der Waals surface area contributed by atoms with Crippen molar-refractivity contribution in [2.75, 3.05) is 5.32 Å². The molecular formula is C17H19ClN2O3S. The zero-order chi connectivity index (χ0) is 17.7. The third-order valence-corrected chi connectivity index (χ3v) is 3.70. The van der Waals surface area contributed by atoms with Crippen LogP contribution >= 0.6 is 23.8 Å². The van der Waals surface area contributed by atoms with Crippen LogP contribution in [0.15, 0.2) is 34.7 Å². The molecule has 5 nitrogen and oxygen atoms in total. The molecule has 7 heteroatoms. The summed E-state index contributed by atoms with van der Waals surface area (Å²) in [6.45, 7) is 3.76. The van der Waals surface area contributed by atoms with Crippen molar-refractivity contribution in [2.24, 2.45) is 5.92 Å². The van der Waals surface area contributed by atoms with Gasteiger partial charge in [0.25, 0.3) is 0 Å². The van der Waals surface area contributed by atoms with Gasteiger partial charge in [0.05, 0.1) is 10.7 Å².